The quantitative estimate of drug-likeness (QED) is 0.790. The van der Waals surface area contributed by atoms with Gasteiger partial charge >= 0.3 is 0 Å². The van der Waals surface area contributed by atoms with Crippen molar-refractivity contribution in [2.75, 3.05) is 13.1 Å². The highest BCUT2D eigenvalue weighted by molar-refractivity contribution is 5.79. The molecule has 0 saturated carbocycles. The summed E-state index contributed by atoms with van der Waals surface area (Å²) in [4.78, 5) is 23.3. The van der Waals surface area contributed by atoms with E-state index in [4.69, 9.17) is 0 Å². The van der Waals surface area contributed by atoms with Gasteiger partial charge in [-0.3, -0.25) is 9.59 Å². The maximum Gasteiger partial charge on any atom is 0.224 e. The van der Waals surface area contributed by atoms with Crippen molar-refractivity contribution in [3.8, 4) is 0 Å². The first-order valence-corrected chi connectivity index (χ1v) is 8.21. The summed E-state index contributed by atoms with van der Waals surface area (Å²) in [6, 6.07) is 6.40. The summed E-state index contributed by atoms with van der Waals surface area (Å²) in [5.41, 5.74) is 3.91. The van der Waals surface area contributed by atoms with Crippen LogP contribution in [-0.2, 0) is 28.9 Å². The molecule has 0 aromatic heterocycles. The third kappa shape index (κ3) is 4.86. The molecule has 4 heteroatoms. The number of fused-ring (bicyclic) bond motifs is 1. The molecule has 0 atom stereocenters. The van der Waals surface area contributed by atoms with Crippen molar-refractivity contribution in [3.05, 3.63) is 34.9 Å². The Bertz CT molecular complexity index is 538. The van der Waals surface area contributed by atoms with Gasteiger partial charge in [0.15, 0.2) is 0 Å². The number of aryl methyl sites for hydroxylation is 2. The molecule has 120 valence electrons. The highest BCUT2D eigenvalue weighted by Crippen LogP contribution is 2.22. The predicted octanol–water partition coefficient (Wildman–Crippen LogP) is 2.00. The number of hydrogen-bond acceptors (Lipinski definition) is 2. The van der Waals surface area contributed by atoms with Crippen LogP contribution in [0.4, 0.5) is 0 Å². The van der Waals surface area contributed by atoms with Gasteiger partial charge in [0, 0.05) is 19.0 Å². The Morgan fingerprint density at radius 1 is 1.05 bits per heavy atom. The monoisotopic (exact) mass is 302 g/mol. The van der Waals surface area contributed by atoms with Crippen molar-refractivity contribution >= 4 is 11.8 Å². The van der Waals surface area contributed by atoms with E-state index in [2.05, 4.69) is 28.8 Å². The molecule has 0 bridgehead atoms. The van der Waals surface area contributed by atoms with E-state index in [-0.39, 0.29) is 17.7 Å². The maximum atomic E-state index is 11.9. The summed E-state index contributed by atoms with van der Waals surface area (Å²) >= 11 is 0. The molecule has 2 N–H and O–H groups in total. The van der Waals surface area contributed by atoms with Crippen molar-refractivity contribution in [1.29, 1.82) is 0 Å². The summed E-state index contributed by atoms with van der Waals surface area (Å²) in [6.45, 7) is 4.66. The van der Waals surface area contributed by atoms with Gasteiger partial charge in [0.1, 0.15) is 0 Å². The third-order valence-corrected chi connectivity index (χ3v) is 4.05. The van der Waals surface area contributed by atoms with Gasteiger partial charge in [-0.15, -0.1) is 0 Å². The first-order chi connectivity index (χ1) is 10.6. The molecular weight excluding hydrogens is 276 g/mol. The fourth-order valence-corrected chi connectivity index (χ4v) is 2.74. The van der Waals surface area contributed by atoms with Crippen LogP contribution in [0, 0.1) is 5.92 Å². The summed E-state index contributed by atoms with van der Waals surface area (Å²) in [5, 5.41) is 5.64. The second kappa shape index (κ2) is 7.97. The minimum Gasteiger partial charge on any atom is -0.354 e. The molecule has 1 aromatic rings. The lowest BCUT2D eigenvalue weighted by molar-refractivity contribution is -0.124. The summed E-state index contributed by atoms with van der Waals surface area (Å²) in [5.74, 6) is 0.00434. The molecule has 1 aliphatic rings. The van der Waals surface area contributed by atoms with Gasteiger partial charge in [-0.05, 0) is 42.4 Å². The fourth-order valence-electron chi connectivity index (χ4n) is 2.74. The van der Waals surface area contributed by atoms with E-state index in [1.807, 2.05) is 13.8 Å². The molecule has 0 spiro atoms. The fraction of sp³-hybridized carbons (Fsp3) is 0.556. The minimum atomic E-state index is -0.0220. The molecule has 0 fully saturated rings. The zero-order valence-electron chi connectivity index (χ0n) is 13.6. The van der Waals surface area contributed by atoms with E-state index in [1.165, 1.54) is 24.0 Å². The van der Waals surface area contributed by atoms with Crippen LogP contribution in [0.15, 0.2) is 18.2 Å². The first-order valence-electron chi connectivity index (χ1n) is 8.21. The van der Waals surface area contributed by atoms with Crippen LogP contribution >= 0.6 is 0 Å². The molecular formula is C18H26N2O2. The Morgan fingerprint density at radius 2 is 1.73 bits per heavy atom. The van der Waals surface area contributed by atoms with Crippen LogP contribution < -0.4 is 10.6 Å². The van der Waals surface area contributed by atoms with Crippen molar-refractivity contribution in [2.24, 2.45) is 5.92 Å². The lowest BCUT2D eigenvalue weighted by atomic mass is 9.90. The van der Waals surface area contributed by atoms with Gasteiger partial charge in [0.25, 0.3) is 0 Å². The maximum absolute atomic E-state index is 11.9. The van der Waals surface area contributed by atoms with Crippen molar-refractivity contribution < 1.29 is 9.59 Å². The van der Waals surface area contributed by atoms with E-state index in [1.54, 1.807) is 0 Å². The van der Waals surface area contributed by atoms with E-state index in [0.29, 0.717) is 19.5 Å². The average molecular weight is 302 g/mol. The molecule has 22 heavy (non-hydrogen) atoms. The van der Waals surface area contributed by atoms with Crippen LogP contribution in [-0.4, -0.2) is 24.9 Å². The van der Waals surface area contributed by atoms with Crippen LogP contribution in [0.3, 0.4) is 0 Å². The van der Waals surface area contributed by atoms with E-state index in [9.17, 15) is 9.59 Å². The zero-order chi connectivity index (χ0) is 15.9. The van der Waals surface area contributed by atoms with Crippen molar-refractivity contribution in [1.82, 2.24) is 10.6 Å². The van der Waals surface area contributed by atoms with Crippen molar-refractivity contribution in [2.45, 2.75) is 46.0 Å². The smallest absolute Gasteiger partial charge is 0.224 e. The topological polar surface area (TPSA) is 58.2 Å². The average Bonchev–Trinajstić information content (AvgIpc) is 2.51. The van der Waals surface area contributed by atoms with Crippen LogP contribution in [0.1, 0.15) is 43.4 Å². The molecule has 4 nitrogen and oxygen atoms in total. The van der Waals surface area contributed by atoms with Gasteiger partial charge in [-0.25, -0.2) is 0 Å². The largest absolute Gasteiger partial charge is 0.354 e. The van der Waals surface area contributed by atoms with Crippen molar-refractivity contribution in [3.63, 3.8) is 0 Å². The molecule has 2 amide bonds. The number of rotatable bonds is 6. The molecule has 1 aliphatic carbocycles. The molecule has 0 radical (unpaired) electrons. The Kier molecular flexibility index (Phi) is 5.99. The molecule has 1 aromatic carbocycles. The highest BCUT2D eigenvalue weighted by atomic mass is 16.2. The van der Waals surface area contributed by atoms with E-state index >= 15 is 0 Å². The summed E-state index contributed by atoms with van der Waals surface area (Å²) in [7, 11) is 0. The van der Waals surface area contributed by atoms with E-state index < -0.39 is 0 Å². The summed E-state index contributed by atoms with van der Waals surface area (Å²) < 4.78 is 0. The van der Waals surface area contributed by atoms with Crippen LogP contribution in [0.2, 0.25) is 0 Å². The second-order valence-corrected chi connectivity index (χ2v) is 6.28. The van der Waals surface area contributed by atoms with Crippen LogP contribution in [0.25, 0.3) is 0 Å². The molecule has 2 rings (SSSR count). The van der Waals surface area contributed by atoms with Gasteiger partial charge in [-0.1, -0.05) is 32.0 Å². The normalized spacial score (nSPS) is 13.6. The number of carbonyl (C=O) groups excluding carboxylic acids is 2. The van der Waals surface area contributed by atoms with Crippen LogP contribution in [0.5, 0.6) is 0 Å². The SMILES string of the molecule is CC(C)C(=O)NCCNC(=O)Cc1ccc2c(c1)CCCC2. The van der Waals surface area contributed by atoms with E-state index in [0.717, 1.165) is 18.4 Å². The second-order valence-electron chi connectivity index (χ2n) is 6.28. The first kappa shape index (κ1) is 16.5. The Hall–Kier alpha value is -1.84. The molecule has 0 unspecified atom stereocenters. The lowest BCUT2D eigenvalue weighted by Gasteiger charge is -2.16. The van der Waals surface area contributed by atoms with Gasteiger partial charge < -0.3 is 10.6 Å². The van der Waals surface area contributed by atoms with Gasteiger partial charge in [-0.2, -0.15) is 0 Å². The number of amides is 2. The predicted molar refractivity (Wildman–Crippen MR) is 87.6 cm³/mol. The highest BCUT2D eigenvalue weighted by Gasteiger charge is 2.11. The number of hydrogen-bond donors (Lipinski definition) is 2. The molecule has 0 heterocycles. The molecule has 0 aliphatic heterocycles. The summed E-state index contributed by atoms with van der Waals surface area (Å²) in [6.07, 6.45) is 5.22. The van der Waals surface area contributed by atoms with Gasteiger partial charge in [0.05, 0.1) is 6.42 Å². The Morgan fingerprint density at radius 3 is 2.45 bits per heavy atom. The molecule has 0 saturated heterocycles. The minimum absolute atomic E-state index is 0.00885. The Balaban J connectivity index is 1.74. The third-order valence-electron chi connectivity index (χ3n) is 4.05. The number of benzene rings is 1. The lowest BCUT2D eigenvalue weighted by Crippen LogP contribution is -2.36. The standard InChI is InChI=1S/C18H26N2O2/c1-13(2)18(22)20-10-9-19-17(21)12-14-7-8-15-5-3-4-6-16(15)11-14/h7-8,11,13H,3-6,9-10,12H2,1-2H3,(H,19,21)(H,20,22). The Labute approximate surface area is 132 Å². The number of nitrogens with one attached hydrogen (secondary N) is 2. The zero-order valence-corrected chi connectivity index (χ0v) is 13.6. The van der Waals surface area contributed by atoms with Gasteiger partial charge in [0.2, 0.25) is 11.8 Å². The number of carbonyl (C=O) groups is 2.